The molecule has 0 saturated heterocycles. The maximum atomic E-state index is 12.8. The van der Waals surface area contributed by atoms with Gasteiger partial charge < -0.3 is 20.5 Å². The molecule has 2 amide bonds. The van der Waals surface area contributed by atoms with Crippen molar-refractivity contribution in [2.45, 2.75) is 44.4 Å². The third kappa shape index (κ3) is 4.57. The number of urea groups is 1. The fraction of sp³-hybridized carbons (Fsp3) is 0.296. The Morgan fingerprint density at radius 2 is 1.75 bits per heavy atom. The third-order valence-corrected chi connectivity index (χ3v) is 6.66. The Bertz CT molecular complexity index is 1250. The molecule has 2 aromatic carbocycles. The second kappa shape index (κ2) is 10.2. The Balaban J connectivity index is 1.40. The average molecular weight is 488 g/mol. The molecule has 0 spiro atoms. The number of methoxy groups -OCH3 is 1. The van der Waals surface area contributed by atoms with Crippen molar-refractivity contribution in [1.29, 1.82) is 0 Å². The van der Waals surface area contributed by atoms with Crippen molar-refractivity contribution in [3.8, 4) is 0 Å². The van der Waals surface area contributed by atoms with Crippen LogP contribution in [-0.2, 0) is 4.74 Å². The van der Waals surface area contributed by atoms with E-state index in [4.69, 9.17) is 4.74 Å². The Kier molecular flexibility index (Phi) is 6.73. The number of aliphatic hydroxyl groups is 1. The minimum Gasteiger partial charge on any atom is -0.465 e. The summed E-state index contributed by atoms with van der Waals surface area (Å²) in [6, 6.07) is 17.5. The minimum absolute atomic E-state index is 0.258. The first-order valence-electron chi connectivity index (χ1n) is 12.1. The highest BCUT2D eigenvalue weighted by molar-refractivity contribution is 6.05. The molecule has 1 aromatic heterocycles. The molecular formula is C27H29N5O4. The summed E-state index contributed by atoms with van der Waals surface area (Å²) in [5.41, 5.74) is 2.72. The van der Waals surface area contributed by atoms with E-state index in [-0.39, 0.29) is 11.6 Å². The van der Waals surface area contributed by atoms with E-state index < -0.39 is 18.2 Å². The minimum atomic E-state index is -0.943. The Morgan fingerprint density at radius 1 is 0.972 bits per heavy atom. The molecule has 2 aliphatic rings. The van der Waals surface area contributed by atoms with Crippen LogP contribution < -0.4 is 20.7 Å². The molecule has 186 valence electrons. The highest BCUT2D eigenvalue weighted by Gasteiger charge is 2.40. The quantitative estimate of drug-likeness (QED) is 0.431. The van der Waals surface area contributed by atoms with Crippen LogP contribution in [0.2, 0.25) is 0 Å². The lowest BCUT2D eigenvalue weighted by Gasteiger charge is -2.40. The summed E-state index contributed by atoms with van der Waals surface area (Å²) in [5.74, 6) is 0.127. The summed E-state index contributed by atoms with van der Waals surface area (Å²) in [5, 5.41) is 20.9. The molecule has 3 aromatic rings. The summed E-state index contributed by atoms with van der Waals surface area (Å²) in [4.78, 5) is 29.3. The van der Waals surface area contributed by atoms with E-state index in [0.29, 0.717) is 22.8 Å². The number of esters is 1. The van der Waals surface area contributed by atoms with Crippen LogP contribution in [0.1, 0.15) is 54.3 Å². The normalized spacial score (nSPS) is 17.4. The Hall–Kier alpha value is -4.11. The lowest BCUT2D eigenvalue weighted by atomic mass is 9.94. The first-order valence-corrected chi connectivity index (χ1v) is 12.1. The van der Waals surface area contributed by atoms with Gasteiger partial charge in [-0.05, 0) is 55.3 Å². The first kappa shape index (κ1) is 23.6. The highest BCUT2D eigenvalue weighted by Crippen LogP contribution is 2.45. The monoisotopic (exact) mass is 487 g/mol. The van der Waals surface area contributed by atoms with Crippen LogP contribution in [-0.4, -0.2) is 35.2 Å². The van der Waals surface area contributed by atoms with E-state index in [0.717, 1.165) is 31.4 Å². The molecule has 3 N–H and O–H groups in total. The number of aromatic nitrogens is 1. The zero-order valence-electron chi connectivity index (χ0n) is 20.1. The number of hydrogen-bond acceptors (Lipinski definition) is 7. The van der Waals surface area contributed by atoms with Gasteiger partial charge in [-0.1, -0.05) is 37.5 Å². The van der Waals surface area contributed by atoms with Gasteiger partial charge in [-0.15, -0.1) is 0 Å². The number of para-hydroxylation sites is 1. The number of rotatable bonds is 5. The summed E-state index contributed by atoms with van der Waals surface area (Å²) in [6.07, 6.45) is 6.37. The van der Waals surface area contributed by atoms with Gasteiger partial charge in [-0.2, -0.15) is 0 Å². The van der Waals surface area contributed by atoms with E-state index in [1.54, 1.807) is 36.5 Å². The van der Waals surface area contributed by atoms with Crippen LogP contribution >= 0.6 is 0 Å². The number of nitrogens with one attached hydrogen (secondary N) is 2. The van der Waals surface area contributed by atoms with Crippen LogP contribution in [0.3, 0.4) is 0 Å². The van der Waals surface area contributed by atoms with Crippen LogP contribution in [0.4, 0.5) is 27.7 Å². The number of nitrogens with zero attached hydrogens (tertiary/aromatic N) is 3. The van der Waals surface area contributed by atoms with Crippen molar-refractivity contribution in [1.82, 2.24) is 4.98 Å². The number of amides is 2. The standard InChI is InChI=1S/C27H29N5O4/c1-36-26(34)20-11-5-6-12-22(20)30-27(35)29-18-14-15-23-21(17-18)25(33)32(24-13-7-8-16-28-24)31(23)19-9-3-2-4-10-19/h5-8,11-17,19,25,33H,2-4,9-10H2,1H3,(H2,29,30,35). The van der Waals surface area contributed by atoms with E-state index in [9.17, 15) is 14.7 Å². The van der Waals surface area contributed by atoms with Crippen molar-refractivity contribution in [2.24, 2.45) is 0 Å². The third-order valence-electron chi connectivity index (χ3n) is 6.66. The zero-order valence-corrected chi connectivity index (χ0v) is 20.1. The molecule has 9 heteroatoms. The van der Waals surface area contributed by atoms with Gasteiger partial charge >= 0.3 is 12.0 Å². The van der Waals surface area contributed by atoms with Crippen molar-refractivity contribution < 1.29 is 19.4 Å². The van der Waals surface area contributed by atoms with E-state index >= 15 is 0 Å². The van der Waals surface area contributed by atoms with Gasteiger partial charge in [0.15, 0.2) is 6.23 Å². The van der Waals surface area contributed by atoms with Gasteiger partial charge in [0, 0.05) is 17.4 Å². The summed E-state index contributed by atoms with van der Waals surface area (Å²) >= 11 is 0. The highest BCUT2D eigenvalue weighted by atomic mass is 16.5. The second-order valence-electron chi connectivity index (χ2n) is 8.93. The van der Waals surface area contributed by atoms with Gasteiger partial charge in [0.1, 0.15) is 5.82 Å². The van der Waals surface area contributed by atoms with Crippen LogP contribution in [0.25, 0.3) is 0 Å². The lowest BCUT2D eigenvalue weighted by molar-refractivity contribution is 0.0602. The Morgan fingerprint density at radius 3 is 2.50 bits per heavy atom. The molecule has 1 fully saturated rings. The number of fused-ring (bicyclic) bond motifs is 1. The SMILES string of the molecule is COC(=O)c1ccccc1NC(=O)Nc1ccc2c(c1)C(O)N(c1ccccn1)N2C1CCCCC1. The van der Waals surface area contributed by atoms with Crippen LogP contribution in [0.5, 0.6) is 0 Å². The maximum Gasteiger partial charge on any atom is 0.339 e. The molecule has 1 aliphatic heterocycles. The first-order chi connectivity index (χ1) is 17.6. The Labute approximate surface area is 209 Å². The van der Waals surface area contributed by atoms with Crippen LogP contribution in [0, 0.1) is 0 Å². The number of benzene rings is 2. The van der Waals surface area contributed by atoms with Crippen molar-refractivity contribution in [3.63, 3.8) is 0 Å². The average Bonchev–Trinajstić information content (AvgIpc) is 3.21. The van der Waals surface area contributed by atoms with Crippen molar-refractivity contribution in [3.05, 3.63) is 78.0 Å². The van der Waals surface area contributed by atoms with Gasteiger partial charge in [-0.25, -0.2) is 19.6 Å². The van der Waals surface area contributed by atoms with Crippen LogP contribution in [0.15, 0.2) is 66.9 Å². The van der Waals surface area contributed by atoms with Crippen molar-refractivity contribution >= 4 is 34.9 Å². The van der Waals surface area contributed by atoms with Gasteiger partial charge in [0.2, 0.25) is 0 Å². The van der Waals surface area contributed by atoms with E-state index in [1.807, 2.05) is 35.3 Å². The predicted octanol–water partition coefficient (Wildman–Crippen LogP) is 5.08. The molecule has 1 unspecified atom stereocenters. The molecule has 0 radical (unpaired) electrons. The zero-order chi connectivity index (χ0) is 25.1. The summed E-state index contributed by atoms with van der Waals surface area (Å²) in [6.45, 7) is 0. The summed E-state index contributed by atoms with van der Waals surface area (Å²) < 4.78 is 4.79. The van der Waals surface area contributed by atoms with E-state index in [2.05, 4.69) is 20.6 Å². The second-order valence-corrected chi connectivity index (χ2v) is 8.93. The molecule has 1 atom stereocenters. The lowest BCUT2D eigenvalue weighted by Crippen LogP contribution is -2.48. The fourth-order valence-electron chi connectivity index (χ4n) is 5.00. The number of hydrazine groups is 1. The molecule has 0 bridgehead atoms. The fourth-order valence-corrected chi connectivity index (χ4v) is 5.00. The predicted molar refractivity (Wildman–Crippen MR) is 138 cm³/mol. The number of ether oxygens (including phenoxy) is 1. The number of aliphatic hydroxyl groups excluding tert-OH is 1. The van der Waals surface area contributed by atoms with Gasteiger partial charge in [-0.3, -0.25) is 5.01 Å². The molecule has 9 nitrogen and oxygen atoms in total. The number of carbonyl (C=O) groups excluding carboxylic acids is 2. The maximum absolute atomic E-state index is 12.8. The molecule has 1 saturated carbocycles. The molecular weight excluding hydrogens is 458 g/mol. The number of hydrogen-bond donors (Lipinski definition) is 3. The van der Waals surface area contributed by atoms with Gasteiger partial charge in [0.25, 0.3) is 0 Å². The molecule has 5 rings (SSSR count). The molecule has 1 aliphatic carbocycles. The van der Waals surface area contributed by atoms with E-state index in [1.165, 1.54) is 13.5 Å². The smallest absolute Gasteiger partial charge is 0.339 e. The molecule has 2 heterocycles. The van der Waals surface area contributed by atoms with Crippen molar-refractivity contribution in [2.75, 3.05) is 27.8 Å². The molecule has 36 heavy (non-hydrogen) atoms. The number of anilines is 4. The number of pyridine rings is 1. The topological polar surface area (TPSA) is 107 Å². The summed E-state index contributed by atoms with van der Waals surface area (Å²) in [7, 11) is 1.29. The number of carbonyl (C=O) groups is 2. The van der Waals surface area contributed by atoms with Gasteiger partial charge in [0.05, 0.1) is 30.1 Å². The largest absolute Gasteiger partial charge is 0.465 e.